The van der Waals surface area contributed by atoms with Crippen molar-refractivity contribution in [1.82, 2.24) is 15.3 Å². The third kappa shape index (κ3) is 3.98. The Morgan fingerprint density at radius 1 is 1.17 bits per heavy atom. The Labute approximate surface area is 149 Å². The van der Waals surface area contributed by atoms with Crippen LogP contribution in [0.2, 0.25) is 5.02 Å². The zero-order valence-corrected chi connectivity index (χ0v) is 15.6. The van der Waals surface area contributed by atoms with E-state index in [2.05, 4.69) is 24.1 Å². The van der Waals surface area contributed by atoms with Crippen molar-refractivity contribution >= 4 is 34.3 Å². The van der Waals surface area contributed by atoms with E-state index in [1.807, 2.05) is 37.4 Å². The highest BCUT2D eigenvalue weighted by Crippen LogP contribution is 2.32. The molecule has 3 nitrogen and oxygen atoms in total. The van der Waals surface area contributed by atoms with Crippen LogP contribution in [0.15, 0.2) is 30.5 Å². The number of thiazole rings is 2. The highest BCUT2D eigenvalue weighted by Gasteiger charge is 2.15. The molecule has 0 bridgehead atoms. The van der Waals surface area contributed by atoms with Crippen molar-refractivity contribution in [2.24, 2.45) is 0 Å². The zero-order chi connectivity index (χ0) is 16.4. The summed E-state index contributed by atoms with van der Waals surface area (Å²) < 4.78 is 0. The van der Waals surface area contributed by atoms with Crippen LogP contribution in [-0.2, 0) is 6.54 Å². The molecule has 0 aliphatic carbocycles. The average Bonchev–Trinajstić information content (AvgIpc) is 3.11. The molecule has 1 atom stereocenters. The Morgan fingerprint density at radius 3 is 2.57 bits per heavy atom. The fourth-order valence-electron chi connectivity index (χ4n) is 2.36. The van der Waals surface area contributed by atoms with Gasteiger partial charge in [0.05, 0.1) is 10.7 Å². The summed E-state index contributed by atoms with van der Waals surface area (Å²) in [4.78, 5) is 11.5. The number of rotatable bonds is 5. The second-order valence-corrected chi connectivity index (χ2v) is 8.21. The van der Waals surface area contributed by atoms with Gasteiger partial charge in [-0.2, -0.15) is 0 Å². The van der Waals surface area contributed by atoms with Gasteiger partial charge in [-0.1, -0.05) is 23.7 Å². The predicted octanol–water partition coefficient (Wildman–Crippen LogP) is 5.39. The van der Waals surface area contributed by atoms with Crippen molar-refractivity contribution in [3.8, 4) is 10.6 Å². The van der Waals surface area contributed by atoms with Crippen LogP contribution in [0.4, 0.5) is 0 Å². The van der Waals surface area contributed by atoms with Crippen LogP contribution in [0.5, 0.6) is 0 Å². The van der Waals surface area contributed by atoms with E-state index in [-0.39, 0.29) is 6.04 Å². The van der Waals surface area contributed by atoms with Gasteiger partial charge in [0.25, 0.3) is 0 Å². The molecule has 0 saturated carbocycles. The van der Waals surface area contributed by atoms with Crippen LogP contribution in [0.3, 0.4) is 0 Å². The van der Waals surface area contributed by atoms with Crippen molar-refractivity contribution in [3.63, 3.8) is 0 Å². The molecule has 3 rings (SSSR count). The summed E-state index contributed by atoms with van der Waals surface area (Å²) >= 11 is 9.43. The maximum atomic E-state index is 5.96. The highest BCUT2D eigenvalue weighted by atomic mass is 35.5. The first-order valence-electron chi connectivity index (χ1n) is 7.41. The van der Waals surface area contributed by atoms with Crippen LogP contribution in [0.1, 0.15) is 33.4 Å². The van der Waals surface area contributed by atoms with Gasteiger partial charge in [-0.15, -0.1) is 22.7 Å². The average molecular weight is 364 g/mol. The fraction of sp³-hybridized carbons (Fsp3) is 0.294. The molecule has 0 fully saturated rings. The van der Waals surface area contributed by atoms with Crippen LogP contribution in [-0.4, -0.2) is 9.97 Å². The lowest BCUT2D eigenvalue weighted by atomic mass is 10.2. The topological polar surface area (TPSA) is 37.8 Å². The molecule has 0 radical (unpaired) electrons. The van der Waals surface area contributed by atoms with Crippen molar-refractivity contribution in [2.75, 3.05) is 0 Å². The van der Waals surface area contributed by atoms with E-state index in [1.165, 1.54) is 9.75 Å². The van der Waals surface area contributed by atoms with E-state index in [0.717, 1.165) is 32.8 Å². The first kappa shape index (κ1) is 16.6. The van der Waals surface area contributed by atoms with E-state index in [4.69, 9.17) is 16.6 Å². The molecule has 1 unspecified atom stereocenters. The third-order valence-corrected chi connectivity index (χ3v) is 6.12. The minimum atomic E-state index is 0.260. The van der Waals surface area contributed by atoms with E-state index >= 15 is 0 Å². The maximum Gasteiger partial charge on any atom is 0.123 e. The summed E-state index contributed by atoms with van der Waals surface area (Å²) in [5, 5.41) is 6.45. The molecular weight excluding hydrogens is 346 g/mol. The van der Waals surface area contributed by atoms with Gasteiger partial charge in [-0.3, -0.25) is 0 Å². The molecule has 1 N–H and O–H groups in total. The van der Waals surface area contributed by atoms with Crippen LogP contribution >= 0.6 is 34.3 Å². The molecule has 0 amide bonds. The molecule has 2 aromatic heterocycles. The summed E-state index contributed by atoms with van der Waals surface area (Å²) in [6, 6.07) is 8.10. The molecule has 1 aromatic carbocycles. The van der Waals surface area contributed by atoms with E-state index < -0.39 is 0 Å². The Kier molecular flexibility index (Phi) is 5.11. The number of hydrogen-bond acceptors (Lipinski definition) is 5. The summed E-state index contributed by atoms with van der Waals surface area (Å²) in [6.45, 7) is 7.12. The van der Waals surface area contributed by atoms with Crippen molar-refractivity contribution < 1.29 is 0 Å². The monoisotopic (exact) mass is 363 g/mol. The number of nitrogens with zero attached hydrogens (tertiary/aromatic N) is 2. The van der Waals surface area contributed by atoms with Crippen molar-refractivity contribution in [2.45, 2.75) is 33.4 Å². The SMILES string of the molecule is Cc1ncc(CNC(C)c2sc(-c3ccc(Cl)cc3)nc2C)s1. The molecule has 120 valence electrons. The summed E-state index contributed by atoms with van der Waals surface area (Å²) in [6.07, 6.45) is 1.94. The van der Waals surface area contributed by atoms with Crippen molar-refractivity contribution in [1.29, 1.82) is 0 Å². The molecule has 6 heteroatoms. The Bertz CT molecular complexity index is 793. The third-order valence-electron chi connectivity index (χ3n) is 3.57. The molecule has 23 heavy (non-hydrogen) atoms. The number of aromatic nitrogens is 2. The number of hydrogen-bond donors (Lipinski definition) is 1. The first-order chi connectivity index (χ1) is 11.0. The van der Waals surface area contributed by atoms with E-state index in [0.29, 0.717) is 0 Å². The van der Waals surface area contributed by atoms with Gasteiger partial charge in [-0.25, -0.2) is 9.97 Å². The summed E-state index contributed by atoms with van der Waals surface area (Å²) in [5.74, 6) is 0. The minimum absolute atomic E-state index is 0.260. The molecule has 0 spiro atoms. The number of nitrogens with one attached hydrogen (secondary N) is 1. The van der Waals surface area contributed by atoms with Gasteiger partial charge < -0.3 is 5.32 Å². The molecule has 0 saturated heterocycles. The van der Waals surface area contributed by atoms with E-state index in [9.17, 15) is 0 Å². The van der Waals surface area contributed by atoms with E-state index in [1.54, 1.807) is 22.7 Å². The largest absolute Gasteiger partial charge is 0.304 e. The molecule has 0 aliphatic heterocycles. The lowest BCUT2D eigenvalue weighted by Gasteiger charge is -2.11. The summed E-state index contributed by atoms with van der Waals surface area (Å²) in [5.41, 5.74) is 2.19. The standard InChI is InChI=1S/C17H18ClN3S2/c1-10(19-8-15-9-20-12(3)22-15)16-11(2)21-17(23-16)13-4-6-14(18)7-5-13/h4-7,9-10,19H,8H2,1-3H3. The Morgan fingerprint density at radius 2 is 1.91 bits per heavy atom. The maximum absolute atomic E-state index is 5.96. The van der Waals surface area contributed by atoms with Gasteiger partial charge in [0.1, 0.15) is 5.01 Å². The lowest BCUT2D eigenvalue weighted by molar-refractivity contribution is 0.583. The number of aryl methyl sites for hydroxylation is 2. The second-order valence-electron chi connectivity index (χ2n) is 5.42. The van der Waals surface area contributed by atoms with Gasteiger partial charge in [0, 0.05) is 39.1 Å². The summed E-state index contributed by atoms with van der Waals surface area (Å²) in [7, 11) is 0. The quantitative estimate of drug-likeness (QED) is 0.660. The minimum Gasteiger partial charge on any atom is -0.304 e. The molecule has 3 aromatic rings. The normalized spacial score (nSPS) is 12.5. The van der Waals surface area contributed by atoms with Crippen LogP contribution in [0.25, 0.3) is 10.6 Å². The highest BCUT2D eigenvalue weighted by molar-refractivity contribution is 7.15. The Balaban J connectivity index is 1.73. The van der Waals surface area contributed by atoms with Crippen LogP contribution in [0, 0.1) is 13.8 Å². The second kappa shape index (κ2) is 7.09. The number of halogens is 1. The fourth-order valence-corrected chi connectivity index (χ4v) is 4.33. The van der Waals surface area contributed by atoms with Gasteiger partial charge in [0.2, 0.25) is 0 Å². The number of benzene rings is 1. The first-order valence-corrected chi connectivity index (χ1v) is 9.42. The smallest absolute Gasteiger partial charge is 0.123 e. The van der Waals surface area contributed by atoms with Gasteiger partial charge >= 0.3 is 0 Å². The Hall–Kier alpha value is -1.27. The molecule has 0 aliphatic rings. The molecular formula is C17H18ClN3S2. The predicted molar refractivity (Wildman–Crippen MR) is 99.4 cm³/mol. The lowest BCUT2D eigenvalue weighted by Crippen LogP contribution is -2.17. The van der Waals surface area contributed by atoms with Gasteiger partial charge in [-0.05, 0) is 32.9 Å². The van der Waals surface area contributed by atoms with Crippen LogP contribution < -0.4 is 5.32 Å². The van der Waals surface area contributed by atoms with Gasteiger partial charge in [0.15, 0.2) is 0 Å². The zero-order valence-electron chi connectivity index (χ0n) is 13.3. The van der Waals surface area contributed by atoms with Crippen molar-refractivity contribution in [3.05, 3.63) is 55.9 Å². The molecule has 2 heterocycles.